The molecule has 1 N–H and O–H groups in total. The summed E-state index contributed by atoms with van der Waals surface area (Å²) in [6.45, 7) is 14.3. The molecule has 2 atom stereocenters. The molecule has 0 aromatic heterocycles. The van der Waals surface area contributed by atoms with E-state index < -0.39 is 6.10 Å². The molecule has 0 aliphatic heterocycles. The van der Waals surface area contributed by atoms with Crippen molar-refractivity contribution in [2.45, 2.75) is 66.5 Å². The van der Waals surface area contributed by atoms with E-state index in [1.165, 1.54) is 11.1 Å². The number of amides is 1. The van der Waals surface area contributed by atoms with Gasteiger partial charge in [0.25, 0.3) is 5.91 Å². The molecule has 2 rings (SSSR count). The number of rotatable bonds is 6. The Hall–Kier alpha value is -2.29. The molecule has 2 unspecified atom stereocenters. The zero-order valence-corrected chi connectivity index (χ0v) is 17.0. The van der Waals surface area contributed by atoms with Gasteiger partial charge in [-0.05, 0) is 68.9 Å². The largest absolute Gasteiger partial charge is 0.481 e. The van der Waals surface area contributed by atoms with Crippen LogP contribution in [0.4, 0.5) is 0 Å². The highest BCUT2D eigenvalue weighted by atomic mass is 16.5. The molecule has 0 radical (unpaired) electrons. The van der Waals surface area contributed by atoms with Crippen LogP contribution in [0.5, 0.6) is 5.75 Å². The molecule has 0 saturated carbocycles. The van der Waals surface area contributed by atoms with Gasteiger partial charge in [0.1, 0.15) is 5.75 Å². The van der Waals surface area contributed by atoms with Crippen LogP contribution in [0.3, 0.4) is 0 Å². The van der Waals surface area contributed by atoms with Crippen molar-refractivity contribution in [3.63, 3.8) is 0 Å². The highest BCUT2D eigenvalue weighted by molar-refractivity contribution is 5.81. The number of carbonyl (C=O) groups is 1. The zero-order valence-electron chi connectivity index (χ0n) is 17.0. The summed E-state index contributed by atoms with van der Waals surface area (Å²) in [5.74, 6) is 1.03. The van der Waals surface area contributed by atoms with Gasteiger partial charge in [-0.1, -0.05) is 49.7 Å². The fourth-order valence-corrected chi connectivity index (χ4v) is 3.18. The minimum absolute atomic E-state index is 0.0590. The van der Waals surface area contributed by atoms with Crippen LogP contribution in [0.25, 0.3) is 0 Å². The average Bonchev–Trinajstić information content (AvgIpc) is 2.54. The highest BCUT2D eigenvalue weighted by Gasteiger charge is 2.20. The normalized spacial score (nSPS) is 13.4. The van der Waals surface area contributed by atoms with Gasteiger partial charge in [0, 0.05) is 0 Å². The summed E-state index contributed by atoms with van der Waals surface area (Å²) in [6, 6.07) is 12.4. The Labute approximate surface area is 157 Å². The number of ether oxygens (including phenoxy) is 1. The molecule has 0 aliphatic carbocycles. The first-order chi connectivity index (χ1) is 12.2. The van der Waals surface area contributed by atoms with Crippen LogP contribution in [-0.2, 0) is 4.79 Å². The lowest BCUT2D eigenvalue weighted by atomic mass is 10.00. The summed E-state index contributed by atoms with van der Waals surface area (Å²) in [6.07, 6.45) is -0.553. The predicted octanol–water partition coefficient (Wildman–Crippen LogP) is 5.38. The quantitative estimate of drug-likeness (QED) is 0.757. The lowest BCUT2D eigenvalue weighted by Gasteiger charge is -2.22. The Kier molecular flexibility index (Phi) is 6.47. The van der Waals surface area contributed by atoms with Crippen LogP contribution in [0, 0.1) is 20.8 Å². The number of hydrogen-bond acceptors (Lipinski definition) is 2. The number of benzene rings is 2. The molecule has 0 heterocycles. The zero-order chi connectivity index (χ0) is 19.4. The summed E-state index contributed by atoms with van der Waals surface area (Å²) >= 11 is 0. The van der Waals surface area contributed by atoms with E-state index in [4.69, 9.17) is 4.74 Å². The van der Waals surface area contributed by atoms with E-state index >= 15 is 0 Å². The van der Waals surface area contributed by atoms with Crippen LogP contribution in [0.1, 0.15) is 67.5 Å². The van der Waals surface area contributed by atoms with Gasteiger partial charge in [-0.2, -0.15) is 0 Å². The van der Waals surface area contributed by atoms with E-state index in [0.29, 0.717) is 5.92 Å². The highest BCUT2D eigenvalue weighted by Crippen LogP contribution is 2.28. The Bertz CT molecular complexity index is 780. The minimum atomic E-state index is -0.553. The molecule has 26 heavy (non-hydrogen) atoms. The fourth-order valence-electron chi connectivity index (χ4n) is 3.18. The molecule has 140 valence electrons. The van der Waals surface area contributed by atoms with Crippen molar-refractivity contribution < 1.29 is 9.53 Å². The van der Waals surface area contributed by atoms with Crippen LogP contribution in [-0.4, -0.2) is 12.0 Å². The maximum absolute atomic E-state index is 12.6. The number of aryl methyl sites for hydroxylation is 3. The van der Waals surface area contributed by atoms with Crippen molar-refractivity contribution in [1.29, 1.82) is 0 Å². The third-order valence-electron chi connectivity index (χ3n) is 4.71. The van der Waals surface area contributed by atoms with Gasteiger partial charge in [0.15, 0.2) is 6.10 Å². The molecule has 0 bridgehead atoms. The smallest absolute Gasteiger partial charge is 0.261 e. The summed E-state index contributed by atoms with van der Waals surface area (Å²) in [5.41, 5.74) is 5.79. The summed E-state index contributed by atoms with van der Waals surface area (Å²) in [4.78, 5) is 12.6. The van der Waals surface area contributed by atoms with Gasteiger partial charge < -0.3 is 10.1 Å². The Morgan fingerprint density at radius 2 is 1.46 bits per heavy atom. The molecule has 2 aromatic rings. The van der Waals surface area contributed by atoms with E-state index in [1.54, 1.807) is 6.92 Å². The number of nitrogens with one attached hydrogen (secondary N) is 1. The summed E-state index contributed by atoms with van der Waals surface area (Å²) < 4.78 is 6.02. The molecule has 3 nitrogen and oxygen atoms in total. The Morgan fingerprint density at radius 1 is 0.885 bits per heavy atom. The van der Waals surface area contributed by atoms with Crippen LogP contribution in [0.15, 0.2) is 36.4 Å². The van der Waals surface area contributed by atoms with E-state index in [0.717, 1.165) is 22.4 Å². The second-order valence-corrected chi connectivity index (χ2v) is 7.55. The van der Waals surface area contributed by atoms with E-state index in [1.807, 2.05) is 19.9 Å². The van der Waals surface area contributed by atoms with Crippen molar-refractivity contribution in [1.82, 2.24) is 5.32 Å². The third kappa shape index (κ3) is 4.87. The van der Waals surface area contributed by atoms with Gasteiger partial charge in [0.2, 0.25) is 0 Å². The summed E-state index contributed by atoms with van der Waals surface area (Å²) in [5, 5.41) is 3.08. The van der Waals surface area contributed by atoms with E-state index in [2.05, 4.69) is 63.3 Å². The maximum atomic E-state index is 12.6. The molecule has 1 amide bonds. The van der Waals surface area contributed by atoms with Gasteiger partial charge >= 0.3 is 0 Å². The first kappa shape index (κ1) is 20.0. The molecule has 0 fully saturated rings. The number of carbonyl (C=O) groups excluding carboxylic acids is 1. The van der Waals surface area contributed by atoms with Gasteiger partial charge in [-0.15, -0.1) is 0 Å². The van der Waals surface area contributed by atoms with Crippen molar-refractivity contribution in [2.75, 3.05) is 0 Å². The molecule has 2 aromatic carbocycles. The van der Waals surface area contributed by atoms with Crippen molar-refractivity contribution in [3.05, 3.63) is 64.2 Å². The lowest BCUT2D eigenvalue weighted by molar-refractivity contribution is -0.127. The number of hydrogen-bond donors (Lipinski definition) is 1. The fraction of sp³-hybridized carbons (Fsp3) is 0.435. The SMILES string of the molecule is Cc1ccc(C(C)NC(=O)C(C)Oc2cc(C)ccc2C(C)C)c(C)c1. The third-order valence-corrected chi connectivity index (χ3v) is 4.71. The first-order valence-corrected chi connectivity index (χ1v) is 9.33. The second-order valence-electron chi connectivity index (χ2n) is 7.55. The lowest BCUT2D eigenvalue weighted by Crippen LogP contribution is -2.38. The molecule has 0 spiro atoms. The van der Waals surface area contributed by atoms with E-state index in [-0.39, 0.29) is 11.9 Å². The maximum Gasteiger partial charge on any atom is 0.261 e. The average molecular weight is 354 g/mol. The molecular formula is C23H31NO2. The molecule has 0 saturated heterocycles. The van der Waals surface area contributed by atoms with Crippen molar-refractivity contribution in [3.8, 4) is 5.75 Å². The van der Waals surface area contributed by atoms with Crippen LogP contribution in [0.2, 0.25) is 0 Å². The second kappa shape index (κ2) is 8.39. The van der Waals surface area contributed by atoms with Gasteiger partial charge in [0.05, 0.1) is 6.04 Å². The van der Waals surface area contributed by atoms with Gasteiger partial charge in [-0.3, -0.25) is 4.79 Å². The molecule has 3 heteroatoms. The van der Waals surface area contributed by atoms with E-state index in [9.17, 15) is 4.79 Å². The van der Waals surface area contributed by atoms with Crippen LogP contribution < -0.4 is 10.1 Å². The Balaban J connectivity index is 2.09. The van der Waals surface area contributed by atoms with Crippen molar-refractivity contribution >= 4 is 5.91 Å². The summed E-state index contributed by atoms with van der Waals surface area (Å²) in [7, 11) is 0. The minimum Gasteiger partial charge on any atom is -0.481 e. The standard InChI is InChI=1S/C23H31NO2/c1-14(2)20-10-8-16(4)13-22(20)26-19(7)23(25)24-18(6)21-11-9-15(3)12-17(21)5/h8-14,18-19H,1-7H3,(H,24,25). The van der Waals surface area contributed by atoms with Crippen molar-refractivity contribution in [2.24, 2.45) is 0 Å². The first-order valence-electron chi connectivity index (χ1n) is 9.33. The molecule has 0 aliphatic rings. The predicted molar refractivity (Wildman–Crippen MR) is 108 cm³/mol. The monoisotopic (exact) mass is 353 g/mol. The molecular weight excluding hydrogens is 322 g/mol. The Morgan fingerprint density at radius 3 is 2.04 bits per heavy atom. The van der Waals surface area contributed by atoms with Gasteiger partial charge in [-0.25, -0.2) is 0 Å². The topological polar surface area (TPSA) is 38.3 Å². The van der Waals surface area contributed by atoms with Crippen LogP contribution >= 0.6 is 0 Å².